The Hall–Kier alpha value is -4.53. The molecule has 4 aromatic heterocycles. The molecule has 5 rings (SSSR count). The summed E-state index contributed by atoms with van der Waals surface area (Å²) in [5.41, 5.74) is 4.90. The molecule has 5 aromatic rings. The highest BCUT2D eigenvalue weighted by atomic mass is 19.1. The minimum atomic E-state index is -0.621. The van der Waals surface area contributed by atoms with E-state index in [0.717, 1.165) is 28.2 Å². The van der Waals surface area contributed by atoms with Crippen molar-refractivity contribution in [2.24, 2.45) is 0 Å². The van der Waals surface area contributed by atoms with Gasteiger partial charge in [-0.25, -0.2) is 14.2 Å². The second-order valence-electron chi connectivity index (χ2n) is 9.57. The van der Waals surface area contributed by atoms with Crippen molar-refractivity contribution < 1.29 is 13.7 Å². The van der Waals surface area contributed by atoms with Crippen molar-refractivity contribution in [1.29, 1.82) is 0 Å². The summed E-state index contributed by atoms with van der Waals surface area (Å²) in [6, 6.07) is 13.6. The lowest BCUT2D eigenvalue weighted by Crippen LogP contribution is -2.20. The maximum Gasteiger partial charge on any atom is 0.325 e. The number of carbonyl (C=O) groups excluding carboxylic acids is 1. The minimum Gasteiger partial charge on any atom is -0.359 e. The first kappa shape index (κ1) is 23.2. The number of benzene rings is 1. The molecule has 9 heteroatoms. The van der Waals surface area contributed by atoms with Crippen molar-refractivity contribution in [3.05, 3.63) is 84.4 Å². The van der Waals surface area contributed by atoms with Crippen LogP contribution in [0.3, 0.4) is 0 Å². The van der Waals surface area contributed by atoms with E-state index >= 15 is 0 Å². The van der Waals surface area contributed by atoms with Gasteiger partial charge in [-0.15, -0.1) is 0 Å². The number of anilines is 2. The summed E-state index contributed by atoms with van der Waals surface area (Å²) >= 11 is 0. The first-order valence-corrected chi connectivity index (χ1v) is 11.4. The molecular weight excluding hydrogens is 459 g/mol. The van der Waals surface area contributed by atoms with Crippen LogP contribution in [0, 0.1) is 12.7 Å². The Morgan fingerprint density at radius 3 is 2.50 bits per heavy atom. The van der Waals surface area contributed by atoms with E-state index in [1.54, 1.807) is 24.5 Å². The molecule has 36 heavy (non-hydrogen) atoms. The van der Waals surface area contributed by atoms with Gasteiger partial charge in [0, 0.05) is 35.1 Å². The molecule has 1 aromatic carbocycles. The predicted octanol–water partition coefficient (Wildman–Crippen LogP) is 6.44. The van der Waals surface area contributed by atoms with Crippen molar-refractivity contribution in [3.8, 4) is 22.4 Å². The fourth-order valence-electron chi connectivity index (χ4n) is 3.83. The van der Waals surface area contributed by atoms with Crippen LogP contribution in [0.5, 0.6) is 0 Å². The van der Waals surface area contributed by atoms with Crippen LogP contribution in [0.1, 0.15) is 32.2 Å². The molecule has 8 nitrogen and oxygen atoms in total. The number of aryl methyl sites for hydroxylation is 1. The predicted molar refractivity (Wildman–Crippen MR) is 136 cm³/mol. The molecule has 0 atom stereocenters. The van der Waals surface area contributed by atoms with Crippen molar-refractivity contribution in [3.63, 3.8) is 0 Å². The highest BCUT2D eigenvalue weighted by molar-refractivity contribution is 5.99. The van der Waals surface area contributed by atoms with Gasteiger partial charge in [-0.05, 0) is 54.4 Å². The third-order valence-electron chi connectivity index (χ3n) is 5.75. The average Bonchev–Trinajstić information content (AvgIpc) is 3.47. The van der Waals surface area contributed by atoms with Crippen LogP contribution in [0.15, 0.2) is 71.6 Å². The van der Waals surface area contributed by atoms with Crippen LogP contribution in [0.2, 0.25) is 0 Å². The maximum atomic E-state index is 14.9. The third kappa shape index (κ3) is 4.68. The number of urea groups is 1. The molecule has 0 saturated carbocycles. The van der Waals surface area contributed by atoms with E-state index in [2.05, 4.69) is 25.8 Å². The smallest absolute Gasteiger partial charge is 0.325 e. The number of amides is 2. The monoisotopic (exact) mass is 484 g/mol. The van der Waals surface area contributed by atoms with E-state index in [-0.39, 0.29) is 16.9 Å². The summed E-state index contributed by atoms with van der Waals surface area (Å²) in [6.45, 7) is 7.86. The summed E-state index contributed by atoms with van der Waals surface area (Å²) in [5, 5.41) is 8.91. The molecule has 0 aliphatic rings. The van der Waals surface area contributed by atoms with Gasteiger partial charge in [0.2, 0.25) is 0 Å². The minimum absolute atomic E-state index is 0.0416. The van der Waals surface area contributed by atoms with E-state index < -0.39 is 11.8 Å². The number of hydrogen-bond acceptors (Lipinski definition) is 5. The molecule has 0 unspecified atom stereocenters. The van der Waals surface area contributed by atoms with Gasteiger partial charge in [-0.1, -0.05) is 32.0 Å². The number of carbonyl (C=O) groups is 1. The molecule has 2 N–H and O–H groups in total. The molecule has 0 fully saturated rings. The zero-order chi connectivity index (χ0) is 25.4. The molecular formula is C27H25FN6O2. The standard InChI is InChI=1S/C27H25FN6O2/c1-16-11-17(7-9-29-16)18-8-10-34-22(15-30-25(34)13-18)19-5-6-21(20(28)12-19)31-26(35)32-24-14-23(36-33-24)27(2,3)4/h5-15H,1-4H3,(H2,31,32,33,35). The van der Waals surface area contributed by atoms with E-state index in [9.17, 15) is 9.18 Å². The molecule has 0 radical (unpaired) electrons. The molecule has 2 amide bonds. The normalized spacial score (nSPS) is 11.6. The van der Waals surface area contributed by atoms with Gasteiger partial charge in [0.05, 0.1) is 17.6 Å². The van der Waals surface area contributed by atoms with Gasteiger partial charge in [-0.3, -0.25) is 14.7 Å². The molecule has 0 bridgehead atoms. The first-order valence-electron chi connectivity index (χ1n) is 11.4. The molecule has 0 aliphatic carbocycles. The summed E-state index contributed by atoms with van der Waals surface area (Å²) in [4.78, 5) is 21.1. The lowest BCUT2D eigenvalue weighted by molar-refractivity contribution is 0.261. The van der Waals surface area contributed by atoms with Gasteiger partial charge >= 0.3 is 6.03 Å². The SMILES string of the molecule is Cc1cc(-c2ccn3c(-c4ccc(NC(=O)Nc5cc(C(C)(C)C)on5)c(F)c4)cnc3c2)ccn1. The van der Waals surface area contributed by atoms with Crippen molar-refractivity contribution in [2.75, 3.05) is 10.6 Å². The van der Waals surface area contributed by atoms with Crippen LogP contribution in [0.25, 0.3) is 28.0 Å². The Morgan fingerprint density at radius 1 is 0.972 bits per heavy atom. The number of fused-ring (bicyclic) bond motifs is 1. The second-order valence-corrected chi connectivity index (χ2v) is 9.57. The number of halogens is 1. The van der Waals surface area contributed by atoms with Crippen LogP contribution >= 0.6 is 0 Å². The zero-order valence-electron chi connectivity index (χ0n) is 20.3. The summed E-state index contributed by atoms with van der Waals surface area (Å²) in [6.07, 6.45) is 5.38. The van der Waals surface area contributed by atoms with Crippen molar-refractivity contribution in [2.45, 2.75) is 33.1 Å². The van der Waals surface area contributed by atoms with Crippen LogP contribution in [-0.2, 0) is 5.41 Å². The fourth-order valence-corrected chi connectivity index (χ4v) is 3.83. The van der Waals surface area contributed by atoms with Crippen LogP contribution < -0.4 is 10.6 Å². The van der Waals surface area contributed by atoms with E-state index in [0.29, 0.717) is 11.3 Å². The second kappa shape index (κ2) is 8.92. The highest BCUT2D eigenvalue weighted by Crippen LogP contribution is 2.28. The zero-order valence-corrected chi connectivity index (χ0v) is 20.3. The van der Waals surface area contributed by atoms with Gasteiger partial charge in [0.1, 0.15) is 17.2 Å². The molecule has 0 spiro atoms. The fraction of sp³-hybridized carbons (Fsp3) is 0.185. The molecule has 0 aliphatic heterocycles. The number of imidazole rings is 1. The average molecular weight is 485 g/mol. The van der Waals surface area contributed by atoms with Gasteiger partial charge in [0.25, 0.3) is 0 Å². The Morgan fingerprint density at radius 2 is 1.78 bits per heavy atom. The molecule has 182 valence electrons. The largest absolute Gasteiger partial charge is 0.359 e. The van der Waals surface area contributed by atoms with Crippen molar-refractivity contribution >= 4 is 23.2 Å². The molecule has 0 saturated heterocycles. The first-order chi connectivity index (χ1) is 17.2. The number of rotatable bonds is 4. The van der Waals surface area contributed by atoms with Gasteiger partial charge in [-0.2, -0.15) is 0 Å². The number of pyridine rings is 2. The molecule has 4 heterocycles. The van der Waals surface area contributed by atoms with Crippen LogP contribution in [0.4, 0.5) is 20.7 Å². The maximum absolute atomic E-state index is 14.9. The van der Waals surface area contributed by atoms with Crippen molar-refractivity contribution in [1.82, 2.24) is 19.5 Å². The Kier molecular flexibility index (Phi) is 5.75. The van der Waals surface area contributed by atoms with Gasteiger partial charge in [0.15, 0.2) is 5.82 Å². The van der Waals surface area contributed by atoms with E-state index in [1.807, 2.05) is 62.6 Å². The third-order valence-corrected chi connectivity index (χ3v) is 5.75. The number of aromatic nitrogens is 4. The van der Waals surface area contributed by atoms with Gasteiger partial charge < -0.3 is 9.84 Å². The Labute approximate surface area is 207 Å². The summed E-state index contributed by atoms with van der Waals surface area (Å²) < 4.78 is 22.1. The quantitative estimate of drug-likeness (QED) is 0.306. The lowest BCUT2D eigenvalue weighted by Gasteiger charge is -2.12. The summed E-state index contributed by atoms with van der Waals surface area (Å²) in [7, 11) is 0. The van der Waals surface area contributed by atoms with Crippen LogP contribution in [-0.4, -0.2) is 25.6 Å². The topological polar surface area (TPSA) is 97.3 Å². The number of hydrogen-bond donors (Lipinski definition) is 2. The van der Waals surface area contributed by atoms with E-state index in [1.165, 1.54) is 12.1 Å². The summed E-state index contributed by atoms with van der Waals surface area (Å²) in [5.74, 6) is 0.308. The number of nitrogens with one attached hydrogen (secondary N) is 2. The Bertz CT molecular complexity index is 1580. The number of nitrogens with zero attached hydrogens (tertiary/aromatic N) is 4. The highest BCUT2D eigenvalue weighted by Gasteiger charge is 2.20. The Balaban J connectivity index is 1.34. The van der Waals surface area contributed by atoms with E-state index in [4.69, 9.17) is 4.52 Å². The lowest BCUT2D eigenvalue weighted by atomic mass is 9.93.